The molecule has 0 saturated carbocycles. The second-order valence-electron chi connectivity index (χ2n) is 4.46. The van der Waals surface area contributed by atoms with Crippen LogP contribution in [0.3, 0.4) is 0 Å². The fraction of sp³-hybridized carbons (Fsp3) is 0.308. The van der Waals surface area contributed by atoms with Crippen molar-refractivity contribution in [3.63, 3.8) is 0 Å². The molecule has 0 aliphatic rings. The average Bonchev–Trinajstić information content (AvgIpc) is 2.44. The van der Waals surface area contributed by atoms with Crippen LogP contribution in [0.25, 0.3) is 0 Å². The molecular weight excluding hydrogens is 314 g/mol. The maximum absolute atomic E-state index is 12.1. The lowest BCUT2D eigenvalue weighted by Gasteiger charge is -2.13. The van der Waals surface area contributed by atoms with E-state index in [2.05, 4.69) is 6.58 Å². The zero-order valence-corrected chi connectivity index (χ0v) is 12.8. The van der Waals surface area contributed by atoms with E-state index in [1.54, 1.807) is 0 Å². The van der Waals surface area contributed by atoms with Gasteiger partial charge in [-0.2, -0.15) is 8.42 Å². The molecule has 1 rings (SSSR count). The van der Waals surface area contributed by atoms with Gasteiger partial charge in [0.1, 0.15) is 12.7 Å². The predicted molar refractivity (Wildman–Crippen MR) is 76.6 cm³/mol. The summed E-state index contributed by atoms with van der Waals surface area (Å²) in [4.78, 5) is 20.7. The Bertz CT molecular complexity index is 696. The Morgan fingerprint density at radius 1 is 1.41 bits per heavy atom. The molecule has 22 heavy (non-hydrogen) atoms. The van der Waals surface area contributed by atoms with Gasteiger partial charge in [-0.25, -0.2) is 4.79 Å². The van der Waals surface area contributed by atoms with Crippen LogP contribution >= 0.6 is 0 Å². The second kappa shape index (κ2) is 7.14. The lowest BCUT2D eigenvalue weighted by molar-refractivity contribution is -0.387. The molecule has 0 fully saturated rings. The molecule has 1 aromatic rings. The highest BCUT2D eigenvalue weighted by atomic mass is 32.2. The first-order valence-electron chi connectivity index (χ1n) is 6.14. The van der Waals surface area contributed by atoms with E-state index >= 15 is 0 Å². The molecule has 0 N–H and O–H groups in total. The molecule has 1 atom stereocenters. The van der Waals surface area contributed by atoms with Gasteiger partial charge in [0, 0.05) is 11.6 Å². The summed E-state index contributed by atoms with van der Waals surface area (Å²) in [5.41, 5.74) is -0.428. The van der Waals surface area contributed by atoms with Crippen molar-refractivity contribution in [2.75, 3.05) is 6.61 Å². The minimum absolute atomic E-state index is 0.161. The van der Waals surface area contributed by atoms with Gasteiger partial charge in [0.15, 0.2) is 4.90 Å². The van der Waals surface area contributed by atoms with Crippen molar-refractivity contribution < 1.29 is 27.1 Å². The summed E-state index contributed by atoms with van der Waals surface area (Å²) in [5, 5.41) is 10.9. The van der Waals surface area contributed by atoms with E-state index in [0.29, 0.717) is 0 Å². The lowest BCUT2D eigenvalue weighted by Crippen LogP contribution is -2.23. The molecule has 8 nitrogen and oxygen atoms in total. The van der Waals surface area contributed by atoms with Gasteiger partial charge in [-0.05, 0) is 19.9 Å². The average molecular weight is 329 g/mol. The monoisotopic (exact) mass is 329 g/mol. The van der Waals surface area contributed by atoms with Gasteiger partial charge in [0.05, 0.1) is 4.92 Å². The van der Waals surface area contributed by atoms with Crippen LogP contribution in [0.5, 0.6) is 0 Å². The molecule has 9 heteroatoms. The van der Waals surface area contributed by atoms with E-state index in [1.807, 2.05) is 0 Å². The van der Waals surface area contributed by atoms with E-state index in [9.17, 15) is 23.3 Å². The molecule has 0 amide bonds. The molecule has 120 valence electrons. The van der Waals surface area contributed by atoms with Crippen LogP contribution in [0.4, 0.5) is 5.69 Å². The van der Waals surface area contributed by atoms with Gasteiger partial charge in [-0.3, -0.25) is 14.3 Å². The van der Waals surface area contributed by atoms with Crippen LogP contribution in [-0.4, -0.2) is 32.0 Å². The van der Waals surface area contributed by atoms with Crippen LogP contribution < -0.4 is 0 Å². The largest absolute Gasteiger partial charge is 0.460 e. The normalized spacial score (nSPS) is 12.5. The Kier molecular flexibility index (Phi) is 5.77. The number of hydrogen-bond acceptors (Lipinski definition) is 7. The van der Waals surface area contributed by atoms with E-state index in [0.717, 1.165) is 12.1 Å². The molecule has 0 aromatic heterocycles. The van der Waals surface area contributed by atoms with Crippen LogP contribution in [0.2, 0.25) is 0 Å². The number of rotatable bonds is 7. The number of benzene rings is 1. The molecular formula is C13H15NO7S. The van der Waals surface area contributed by atoms with Crippen molar-refractivity contribution in [3.05, 3.63) is 46.5 Å². The van der Waals surface area contributed by atoms with Crippen LogP contribution in [0.15, 0.2) is 41.3 Å². The van der Waals surface area contributed by atoms with Crippen molar-refractivity contribution >= 4 is 21.8 Å². The SMILES string of the molecule is C=C(C)C(=O)OCC(C)OS(=O)(=O)c1ccccc1[N+](=O)[O-]. The summed E-state index contributed by atoms with van der Waals surface area (Å²) in [6, 6.07) is 4.81. The Balaban J connectivity index is 2.86. The smallest absolute Gasteiger partial charge is 0.333 e. The quantitative estimate of drug-likeness (QED) is 0.246. The number of nitrogens with zero attached hydrogens (tertiary/aromatic N) is 1. The van der Waals surface area contributed by atoms with E-state index in [1.165, 1.54) is 26.0 Å². The third kappa shape index (κ3) is 4.64. The van der Waals surface area contributed by atoms with Gasteiger partial charge >= 0.3 is 16.1 Å². The van der Waals surface area contributed by atoms with Gasteiger partial charge in [0.25, 0.3) is 5.69 Å². The molecule has 1 unspecified atom stereocenters. The first-order chi connectivity index (χ1) is 10.1. The van der Waals surface area contributed by atoms with Gasteiger partial charge in [0.2, 0.25) is 0 Å². The number of carbonyl (C=O) groups excluding carboxylic acids is 1. The molecule has 0 radical (unpaired) electrons. The van der Waals surface area contributed by atoms with Gasteiger partial charge in [-0.1, -0.05) is 18.7 Å². The molecule has 0 bridgehead atoms. The summed E-state index contributed by atoms with van der Waals surface area (Å²) < 4.78 is 33.7. The van der Waals surface area contributed by atoms with Crippen molar-refractivity contribution in [2.24, 2.45) is 0 Å². The first kappa shape index (κ1) is 17.8. The molecule has 0 heterocycles. The number of esters is 1. The maximum atomic E-state index is 12.1. The third-order valence-corrected chi connectivity index (χ3v) is 3.89. The summed E-state index contributed by atoms with van der Waals surface area (Å²) in [5.74, 6) is -0.682. The Labute approximate surface area is 127 Å². The summed E-state index contributed by atoms with van der Waals surface area (Å²) in [6.07, 6.45) is -1.01. The van der Waals surface area contributed by atoms with E-state index < -0.39 is 37.7 Å². The summed E-state index contributed by atoms with van der Waals surface area (Å²) in [7, 11) is -4.36. The van der Waals surface area contributed by atoms with E-state index in [-0.39, 0.29) is 12.2 Å². The third-order valence-electron chi connectivity index (χ3n) is 2.42. The molecule has 0 aliphatic carbocycles. The summed E-state index contributed by atoms with van der Waals surface area (Å²) >= 11 is 0. The predicted octanol–water partition coefficient (Wildman–Crippen LogP) is 1.81. The Morgan fingerprint density at radius 3 is 2.55 bits per heavy atom. The van der Waals surface area contributed by atoms with Crippen molar-refractivity contribution in [2.45, 2.75) is 24.8 Å². The molecule has 0 spiro atoms. The highest BCUT2D eigenvalue weighted by Gasteiger charge is 2.28. The van der Waals surface area contributed by atoms with Gasteiger partial charge < -0.3 is 4.74 Å². The highest BCUT2D eigenvalue weighted by Crippen LogP contribution is 2.25. The van der Waals surface area contributed by atoms with Crippen LogP contribution in [0.1, 0.15) is 13.8 Å². The zero-order valence-electron chi connectivity index (χ0n) is 12.0. The van der Waals surface area contributed by atoms with E-state index in [4.69, 9.17) is 8.92 Å². The number of hydrogen-bond donors (Lipinski definition) is 0. The minimum Gasteiger partial charge on any atom is -0.460 e. The number of nitro benzene ring substituents is 1. The molecule has 0 aliphatic heterocycles. The van der Waals surface area contributed by atoms with Gasteiger partial charge in [-0.15, -0.1) is 0 Å². The van der Waals surface area contributed by atoms with Crippen molar-refractivity contribution in [1.82, 2.24) is 0 Å². The minimum atomic E-state index is -4.36. The summed E-state index contributed by atoms with van der Waals surface area (Å²) in [6.45, 7) is 5.85. The molecule has 1 aromatic carbocycles. The van der Waals surface area contributed by atoms with Crippen LogP contribution in [0, 0.1) is 10.1 Å². The number of carbonyl (C=O) groups is 1. The van der Waals surface area contributed by atoms with Crippen molar-refractivity contribution in [1.29, 1.82) is 0 Å². The zero-order chi connectivity index (χ0) is 16.9. The topological polar surface area (TPSA) is 113 Å². The van der Waals surface area contributed by atoms with Crippen LogP contribution in [-0.2, 0) is 23.8 Å². The lowest BCUT2D eigenvalue weighted by atomic mass is 10.3. The first-order valence-corrected chi connectivity index (χ1v) is 7.55. The molecule has 0 saturated heterocycles. The highest BCUT2D eigenvalue weighted by molar-refractivity contribution is 7.87. The number of para-hydroxylation sites is 1. The standard InChI is InChI=1S/C13H15NO7S/c1-9(2)13(15)20-8-10(3)21-22(18,19)12-7-5-4-6-11(12)14(16)17/h4-7,10H,1,8H2,2-3H3. The number of ether oxygens (including phenoxy) is 1. The maximum Gasteiger partial charge on any atom is 0.333 e. The Hall–Kier alpha value is -2.26. The Morgan fingerprint density at radius 2 is 2.00 bits per heavy atom. The fourth-order valence-electron chi connectivity index (χ4n) is 1.43. The number of nitro groups is 1. The van der Waals surface area contributed by atoms with Crippen molar-refractivity contribution in [3.8, 4) is 0 Å². The second-order valence-corrected chi connectivity index (χ2v) is 6.01. The fourth-order valence-corrected chi connectivity index (χ4v) is 2.67.